The van der Waals surface area contributed by atoms with E-state index in [0.717, 1.165) is 18.6 Å². The highest BCUT2D eigenvalue weighted by Gasteiger charge is 2.26. The van der Waals surface area contributed by atoms with Gasteiger partial charge in [-0.25, -0.2) is 17.2 Å². The summed E-state index contributed by atoms with van der Waals surface area (Å²) in [6, 6.07) is 9.16. The minimum absolute atomic E-state index is 0.0990. The SMILES string of the molecule is O=C(Nc1c(F)cccc1F)c1ccc(N2CCCCS2(=O)=O)cc1. The van der Waals surface area contributed by atoms with Crippen LogP contribution < -0.4 is 9.62 Å². The number of anilines is 2. The van der Waals surface area contributed by atoms with Gasteiger partial charge in [0.1, 0.15) is 17.3 Å². The van der Waals surface area contributed by atoms with Gasteiger partial charge in [0.2, 0.25) is 10.0 Å². The molecule has 0 radical (unpaired) electrons. The number of rotatable bonds is 3. The Hall–Kier alpha value is -2.48. The molecule has 132 valence electrons. The van der Waals surface area contributed by atoms with Crippen LogP contribution in [0, 0.1) is 11.6 Å². The highest BCUT2D eigenvalue weighted by Crippen LogP contribution is 2.24. The summed E-state index contributed by atoms with van der Waals surface area (Å²) in [6.45, 7) is 0.397. The number of benzene rings is 2. The highest BCUT2D eigenvalue weighted by atomic mass is 32.2. The summed E-state index contributed by atoms with van der Waals surface area (Å²) >= 11 is 0. The van der Waals surface area contributed by atoms with Crippen molar-refractivity contribution in [3.8, 4) is 0 Å². The molecule has 1 amide bonds. The Labute approximate surface area is 144 Å². The molecule has 1 saturated heterocycles. The molecule has 25 heavy (non-hydrogen) atoms. The van der Waals surface area contributed by atoms with Gasteiger partial charge in [-0.2, -0.15) is 0 Å². The van der Waals surface area contributed by atoms with Crippen molar-refractivity contribution in [3.63, 3.8) is 0 Å². The third-order valence-corrected chi connectivity index (χ3v) is 5.84. The second kappa shape index (κ2) is 6.79. The van der Waals surface area contributed by atoms with E-state index >= 15 is 0 Å². The van der Waals surface area contributed by atoms with E-state index in [1.807, 2.05) is 0 Å². The van der Waals surface area contributed by atoms with Crippen LogP contribution in [-0.4, -0.2) is 26.6 Å². The largest absolute Gasteiger partial charge is 0.317 e. The van der Waals surface area contributed by atoms with Crippen molar-refractivity contribution in [1.29, 1.82) is 0 Å². The van der Waals surface area contributed by atoms with E-state index in [1.54, 1.807) is 0 Å². The molecule has 2 aromatic rings. The van der Waals surface area contributed by atoms with Gasteiger partial charge >= 0.3 is 0 Å². The van der Waals surface area contributed by atoms with Crippen molar-refractivity contribution in [1.82, 2.24) is 0 Å². The first kappa shape index (κ1) is 17.3. The molecule has 5 nitrogen and oxygen atoms in total. The summed E-state index contributed by atoms with van der Waals surface area (Å²) < 4.78 is 52.7. The number of sulfonamides is 1. The van der Waals surface area contributed by atoms with Gasteiger partial charge in [-0.05, 0) is 49.2 Å². The summed E-state index contributed by atoms with van der Waals surface area (Å²) in [5.74, 6) is -2.33. The maximum Gasteiger partial charge on any atom is 0.255 e. The van der Waals surface area contributed by atoms with Crippen molar-refractivity contribution < 1.29 is 22.0 Å². The topological polar surface area (TPSA) is 66.5 Å². The minimum atomic E-state index is -3.34. The fourth-order valence-electron chi connectivity index (χ4n) is 2.66. The molecule has 1 fully saturated rings. The number of nitrogens with zero attached hydrogens (tertiary/aromatic N) is 1. The van der Waals surface area contributed by atoms with Crippen LogP contribution in [-0.2, 0) is 10.0 Å². The van der Waals surface area contributed by atoms with Crippen molar-refractivity contribution in [2.75, 3.05) is 21.9 Å². The second-order valence-electron chi connectivity index (χ2n) is 5.69. The molecule has 0 aromatic heterocycles. The molecule has 0 unspecified atom stereocenters. The normalized spacial score (nSPS) is 16.5. The van der Waals surface area contributed by atoms with E-state index in [-0.39, 0.29) is 11.3 Å². The lowest BCUT2D eigenvalue weighted by Gasteiger charge is -2.28. The lowest BCUT2D eigenvalue weighted by atomic mass is 10.1. The molecule has 0 saturated carbocycles. The number of amides is 1. The van der Waals surface area contributed by atoms with Crippen LogP contribution in [0.1, 0.15) is 23.2 Å². The van der Waals surface area contributed by atoms with E-state index in [0.29, 0.717) is 18.7 Å². The number of carbonyl (C=O) groups is 1. The fourth-order valence-corrected chi connectivity index (χ4v) is 4.30. The summed E-state index contributed by atoms with van der Waals surface area (Å²) in [4.78, 5) is 12.2. The first-order valence-electron chi connectivity index (χ1n) is 7.74. The standard InChI is InChI=1S/C17H16F2N2O3S/c18-14-4-3-5-15(19)16(14)20-17(22)12-6-8-13(9-7-12)21-10-1-2-11-25(21,23)24/h3-9H,1-2,10-11H2,(H,20,22). The number of hydrogen-bond acceptors (Lipinski definition) is 3. The fraction of sp³-hybridized carbons (Fsp3) is 0.235. The summed E-state index contributed by atoms with van der Waals surface area (Å²) in [5.41, 5.74) is 0.115. The van der Waals surface area contributed by atoms with E-state index in [1.165, 1.54) is 34.6 Å². The quantitative estimate of drug-likeness (QED) is 0.907. The molecular formula is C17H16F2N2O3S. The molecular weight excluding hydrogens is 350 g/mol. The van der Waals surface area contributed by atoms with E-state index in [2.05, 4.69) is 5.32 Å². The number of halogens is 2. The van der Waals surface area contributed by atoms with Gasteiger partial charge in [0.05, 0.1) is 11.4 Å². The predicted molar refractivity (Wildman–Crippen MR) is 91.1 cm³/mol. The Morgan fingerprint density at radius 2 is 1.64 bits per heavy atom. The third kappa shape index (κ3) is 3.63. The second-order valence-corrected chi connectivity index (χ2v) is 7.71. The summed E-state index contributed by atoms with van der Waals surface area (Å²) in [7, 11) is -3.34. The Morgan fingerprint density at radius 3 is 2.24 bits per heavy atom. The summed E-state index contributed by atoms with van der Waals surface area (Å²) in [6.07, 6.45) is 1.40. The molecule has 1 heterocycles. The average Bonchev–Trinajstić information content (AvgIpc) is 2.58. The minimum Gasteiger partial charge on any atom is -0.317 e. The van der Waals surface area contributed by atoms with Gasteiger partial charge < -0.3 is 5.32 Å². The molecule has 0 aliphatic carbocycles. The Bertz CT molecular complexity index is 878. The number of hydrogen-bond donors (Lipinski definition) is 1. The maximum atomic E-state index is 13.6. The maximum absolute atomic E-state index is 13.6. The van der Waals surface area contributed by atoms with Crippen molar-refractivity contribution >= 4 is 27.3 Å². The van der Waals surface area contributed by atoms with Gasteiger partial charge in [0, 0.05) is 12.1 Å². The first-order valence-corrected chi connectivity index (χ1v) is 9.35. The van der Waals surface area contributed by atoms with Crippen LogP contribution in [0.2, 0.25) is 0 Å². The van der Waals surface area contributed by atoms with E-state index < -0.39 is 33.3 Å². The molecule has 1 N–H and O–H groups in total. The molecule has 0 bridgehead atoms. The van der Waals surface area contributed by atoms with Crippen molar-refractivity contribution in [3.05, 3.63) is 59.7 Å². The van der Waals surface area contributed by atoms with Crippen molar-refractivity contribution in [2.45, 2.75) is 12.8 Å². The summed E-state index contributed by atoms with van der Waals surface area (Å²) in [5, 5.41) is 2.19. The van der Waals surface area contributed by atoms with Gasteiger partial charge in [-0.3, -0.25) is 9.10 Å². The predicted octanol–water partition coefficient (Wildman–Crippen LogP) is 3.15. The molecule has 0 atom stereocenters. The van der Waals surface area contributed by atoms with Crippen LogP contribution in [0.4, 0.5) is 20.2 Å². The average molecular weight is 366 g/mol. The third-order valence-electron chi connectivity index (χ3n) is 3.97. The molecule has 3 rings (SSSR count). The van der Waals surface area contributed by atoms with Gasteiger partial charge in [0.15, 0.2) is 0 Å². The van der Waals surface area contributed by atoms with Crippen LogP contribution in [0.3, 0.4) is 0 Å². The van der Waals surface area contributed by atoms with Crippen LogP contribution in [0.5, 0.6) is 0 Å². The Kier molecular flexibility index (Phi) is 4.71. The lowest BCUT2D eigenvalue weighted by molar-refractivity contribution is 0.102. The monoisotopic (exact) mass is 366 g/mol. The van der Waals surface area contributed by atoms with Crippen LogP contribution >= 0.6 is 0 Å². The number of para-hydroxylation sites is 1. The first-order chi connectivity index (χ1) is 11.9. The van der Waals surface area contributed by atoms with E-state index in [9.17, 15) is 22.0 Å². The lowest BCUT2D eigenvalue weighted by Crippen LogP contribution is -2.37. The zero-order valence-electron chi connectivity index (χ0n) is 13.2. The number of nitrogens with one attached hydrogen (secondary N) is 1. The van der Waals surface area contributed by atoms with Gasteiger partial charge in [0.25, 0.3) is 5.91 Å². The van der Waals surface area contributed by atoms with Gasteiger partial charge in [-0.15, -0.1) is 0 Å². The van der Waals surface area contributed by atoms with Crippen molar-refractivity contribution in [2.24, 2.45) is 0 Å². The van der Waals surface area contributed by atoms with Gasteiger partial charge in [-0.1, -0.05) is 6.07 Å². The highest BCUT2D eigenvalue weighted by molar-refractivity contribution is 7.92. The molecule has 8 heteroatoms. The molecule has 1 aliphatic rings. The Balaban J connectivity index is 1.79. The smallest absolute Gasteiger partial charge is 0.255 e. The molecule has 2 aromatic carbocycles. The van der Waals surface area contributed by atoms with E-state index in [4.69, 9.17) is 0 Å². The number of carbonyl (C=O) groups excluding carboxylic acids is 1. The van der Waals surface area contributed by atoms with Crippen LogP contribution in [0.25, 0.3) is 0 Å². The zero-order valence-corrected chi connectivity index (χ0v) is 14.0. The molecule has 1 aliphatic heterocycles. The Morgan fingerprint density at radius 1 is 1.00 bits per heavy atom. The van der Waals surface area contributed by atoms with Crippen LogP contribution in [0.15, 0.2) is 42.5 Å². The molecule has 0 spiro atoms. The zero-order chi connectivity index (χ0) is 18.0.